The summed E-state index contributed by atoms with van der Waals surface area (Å²) in [6, 6.07) is 7.98. The van der Waals surface area contributed by atoms with Crippen LogP contribution in [0.25, 0.3) is 0 Å². The number of aryl methyl sites for hydroxylation is 1. The van der Waals surface area contributed by atoms with Gasteiger partial charge >= 0.3 is 5.97 Å². The number of aliphatic carboxylic acids is 1. The molecule has 1 aliphatic carbocycles. The second-order valence-corrected chi connectivity index (χ2v) is 5.51. The zero-order chi connectivity index (χ0) is 14.6. The zero-order valence-electron chi connectivity index (χ0n) is 11.8. The summed E-state index contributed by atoms with van der Waals surface area (Å²) < 4.78 is 0. The normalized spacial score (nSPS) is 16.2. The molecule has 4 heteroatoms. The highest BCUT2D eigenvalue weighted by molar-refractivity contribution is 5.85. The molecule has 0 spiro atoms. The van der Waals surface area contributed by atoms with Crippen molar-refractivity contribution in [3.05, 3.63) is 35.4 Å². The van der Waals surface area contributed by atoms with Crippen molar-refractivity contribution in [2.24, 2.45) is 5.41 Å². The van der Waals surface area contributed by atoms with E-state index in [-0.39, 0.29) is 12.3 Å². The molecule has 1 fully saturated rings. The molecule has 0 saturated heterocycles. The third-order valence-corrected chi connectivity index (χ3v) is 4.24. The van der Waals surface area contributed by atoms with Crippen molar-refractivity contribution < 1.29 is 14.7 Å². The van der Waals surface area contributed by atoms with E-state index in [0.29, 0.717) is 19.4 Å². The number of hydrogen-bond donors (Lipinski definition) is 2. The molecular weight excluding hydrogens is 254 g/mol. The number of carbonyl (C=O) groups excluding carboxylic acids is 1. The third kappa shape index (κ3) is 3.00. The van der Waals surface area contributed by atoms with Crippen molar-refractivity contribution in [3.63, 3.8) is 0 Å². The van der Waals surface area contributed by atoms with Gasteiger partial charge in [-0.15, -0.1) is 0 Å². The van der Waals surface area contributed by atoms with E-state index >= 15 is 0 Å². The fourth-order valence-corrected chi connectivity index (χ4v) is 2.71. The number of carboxylic acid groups (broad SMARTS) is 1. The Bertz CT molecular complexity index is 506. The monoisotopic (exact) mass is 275 g/mol. The Morgan fingerprint density at radius 3 is 2.40 bits per heavy atom. The van der Waals surface area contributed by atoms with Crippen LogP contribution < -0.4 is 5.32 Å². The summed E-state index contributed by atoms with van der Waals surface area (Å²) in [6.07, 6.45) is 3.14. The van der Waals surface area contributed by atoms with Gasteiger partial charge in [0.2, 0.25) is 5.91 Å². The molecule has 0 unspecified atom stereocenters. The van der Waals surface area contributed by atoms with E-state index in [1.165, 1.54) is 5.56 Å². The second kappa shape index (κ2) is 6.07. The molecule has 0 atom stereocenters. The molecule has 108 valence electrons. The van der Waals surface area contributed by atoms with Gasteiger partial charge < -0.3 is 10.4 Å². The van der Waals surface area contributed by atoms with Gasteiger partial charge in [0, 0.05) is 13.0 Å². The van der Waals surface area contributed by atoms with Crippen LogP contribution in [0, 0.1) is 5.41 Å². The van der Waals surface area contributed by atoms with Crippen LogP contribution in [-0.2, 0) is 22.6 Å². The average Bonchev–Trinajstić information content (AvgIpc) is 2.40. The van der Waals surface area contributed by atoms with Crippen LogP contribution in [0.4, 0.5) is 0 Å². The first-order valence-electron chi connectivity index (χ1n) is 7.14. The summed E-state index contributed by atoms with van der Waals surface area (Å²) >= 11 is 0. The van der Waals surface area contributed by atoms with Gasteiger partial charge in [-0.05, 0) is 30.4 Å². The van der Waals surface area contributed by atoms with Gasteiger partial charge in [0.15, 0.2) is 0 Å². The molecule has 0 aliphatic heterocycles. The molecule has 2 rings (SSSR count). The molecule has 0 aromatic heterocycles. The minimum Gasteiger partial charge on any atom is -0.481 e. The first-order chi connectivity index (χ1) is 9.57. The Morgan fingerprint density at radius 2 is 1.90 bits per heavy atom. The van der Waals surface area contributed by atoms with Crippen molar-refractivity contribution in [2.75, 3.05) is 0 Å². The van der Waals surface area contributed by atoms with Crippen molar-refractivity contribution in [3.8, 4) is 0 Å². The molecule has 4 nitrogen and oxygen atoms in total. The van der Waals surface area contributed by atoms with E-state index in [4.69, 9.17) is 0 Å². The number of carboxylic acids is 1. The van der Waals surface area contributed by atoms with Crippen molar-refractivity contribution in [2.45, 2.75) is 45.6 Å². The predicted molar refractivity (Wildman–Crippen MR) is 76.2 cm³/mol. The van der Waals surface area contributed by atoms with Gasteiger partial charge in [0.1, 0.15) is 0 Å². The molecule has 0 radical (unpaired) electrons. The Kier molecular flexibility index (Phi) is 4.42. The molecule has 1 aromatic carbocycles. The highest BCUT2D eigenvalue weighted by Gasteiger charge is 2.45. The summed E-state index contributed by atoms with van der Waals surface area (Å²) in [4.78, 5) is 23.2. The third-order valence-electron chi connectivity index (χ3n) is 4.24. The molecule has 1 saturated carbocycles. The second-order valence-electron chi connectivity index (χ2n) is 5.51. The fourth-order valence-electron chi connectivity index (χ4n) is 2.71. The van der Waals surface area contributed by atoms with Crippen LogP contribution in [-0.4, -0.2) is 17.0 Å². The van der Waals surface area contributed by atoms with E-state index < -0.39 is 11.4 Å². The van der Waals surface area contributed by atoms with Gasteiger partial charge in [-0.1, -0.05) is 37.6 Å². The molecule has 1 aromatic rings. The Morgan fingerprint density at radius 1 is 1.25 bits per heavy atom. The maximum absolute atomic E-state index is 12.0. The van der Waals surface area contributed by atoms with Crippen LogP contribution >= 0.6 is 0 Å². The van der Waals surface area contributed by atoms with E-state index in [1.54, 1.807) is 0 Å². The quantitative estimate of drug-likeness (QED) is 0.838. The van der Waals surface area contributed by atoms with Crippen molar-refractivity contribution in [1.29, 1.82) is 0 Å². The Balaban J connectivity index is 1.91. The minimum atomic E-state index is -0.840. The lowest BCUT2D eigenvalue weighted by Crippen LogP contribution is -2.42. The van der Waals surface area contributed by atoms with Crippen LogP contribution in [0.5, 0.6) is 0 Å². The summed E-state index contributed by atoms with van der Waals surface area (Å²) in [7, 11) is 0. The maximum atomic E-state index is 12.0. The lowest BCUT2D eigenvalue weighted by molar-refractivity contribution is -0.157. The first kappa shape index (κ1) is 14.6. The minimum absolute atomic E-state index is 0.0939. The lowest BCUT2D eigenvalue weighted by Gasteiger charge is -2.36. The molecular formula is C16H21NO3. The largest absolute Gasteiger partial charge is 0.481 e. The highest BCUT2D eigenvalue weighted by Crippen LogP contribution is 2.44. The lowest BCUT2D eigenvalue weighted by atomic mass is 9.66. The topological polar surface area (TPSA) is 66.4 Å². The SMILES string of the molecule is CCc1ccccc1CNC(=O)CC1(C(=O)O)CCC1. The smallest absolute Gasteiger partial charge is 0.310 e. The molecule has 20 heavy (non-hydrogen) atoms. The summed E-state index contributed by atoms with van der Waals surface area (Å²) in [6.45, 7) is 2.55. The molecule has 1 aliphatic rings. The number of nitrogens with one attached hydrogen (secondary N) is 1. The molecule has 2 N–H and O–H groups in total. The standard InChI is InChI=1S/C16H21NO3/c1-2-12-6-3-4-7-13(12)11-17-14(18)10-16(15(19)20)8-5-9-16/h3-4,6-7H,2,5,8-11H2,1H3,(H,17,18)(H,19,20). The number of amides is 1. The van der Waals surface area contributed by atoms with E-state index in [9.17, 15) is 14.7 Å². The van der Waals surface area contributed by atoms with Crippen molar-refractivity contribution in [1.82, 2.24) is 5.32 Å². The predicted octanol–water partition coefficient (Wildman–Crippen LogP) is 2.51. The zero-order valence-corrected chi connectivity index (χ0v) is 11.8. The maximum Gasteiger partial charge on any atom is 0.310 e. The summed E-state index contributed by atoms with van der Waals surface area (Å²) in [5.74, 6) is -1.01. The summed E-state index contributed by atoms with van der Waals surface area (Å²) in [5.41, 5.74) is 1.50. The number of rotatable bonds is 6. The molecule has 0 heterocycles. The van der Waals surface area contributed by atoms with Crippen LogP contribution in [0.3, 0.4) is 0 Å². The van der Waals surface area contributed by atoms with E-state index in [0.717, 1.165) is 18.4 Å². The molecule has 0 bridgehead atoms. The van der Waals surface area contributed by atoms with E-state index in [1.807, 2.05) is 24.3 Å². The Labute approximate surface area is 119 Å². The molecule has 1 amide bonds. The number of benzene rings is 1. The Hall–Kier alpha value is -1.84. The van der Waals surface area contributed by atoms with Gasteiger partial charge in [-0.3, -0.25) is 9.59 Å². The highest BCUT2D eigenvalue weighted by atomic mass is 16.4. The van der Waals surface area contributed by atoms with Gasteiger partial charge in [-0.25, -0.2) is 0 Å². The van der Waals surface area contributed by atoms with Gasteiger partial charge in [0.25, 0.3) is 0 Å². The number of hydrogen-bond acceptors (Lipinski definition) is 2. The average molecular weight is 275 g/mol. The van der Waals surface area contributed by atoms with Crippen LogP contribution in [0.1, 0.15) is 43.7 Å². The van der Waals surface area contributed by atoms with Crippen molar-refractivity contribution >= 4 is 11.9 Å². The van der Waals surface area contributed by atoms with Gasteiger partial charge in [0.05, 0.1) is 5.41 Å². The first-order valence-corrected chi connectivity index (χ1v) is 7.14. The van der Waals surface area contributed by atoms with E-state index in [2.05, 4.69) is 12.2 Å². The number of carbonyl (C=O) groups is 2. The van der Waals surface area contributed by atoms with Crippen LogP contribution in [0.2, 0.25) is 0 Å². The van der Waals surface area contributed by atoms with Crippen LogP contribution in [0.15, 0.2) is 24.3 Å². The van der Waals surface area contributed by atoms with Gasteiger partial charge in [-0.2, -0.15) is 0 Å². The fraction of sp³-hybridized carbons (Fsp3) is 0.500. The summed E-state index contributed by atoms with van der Waals surface area (Å²) in [5, 5.41) is 12.1.